The fourth-order valence-corrected chi connectivity index (χ4v) is 7.65. The first-order chi connectivity index (χ1) is 23.5. The number of phosphoric acid groups is 3. The summed E-state index contributed by atoms with van der Waals surface area (Å²) in [7, 11) is -16.4. The van der Waals surface area contributed by atoms with Crippen molar-refractivity contribution in [1.82, 2.24) is 30.2 Å². The lowest BCUT2D eigenvalue weighted by molar-refractivity contribution is -0.137. The van der Waals surface area contributed by atoms with Gasteiger partial charge in [0.05, 0.1) is 19.5 Å². The number of anilines is 1. The van der Waals surface area contributed by atoms with Crippen molar-refractivity contribution in [2.24, 2.45) is 5.41 Å². The first-order valence-corrected chi connectivity index (χ1v) is 20.0. The summed E-state index contributed by atoms with van der Waals surface area (Å²) in [5.41, 5.74) is 4.26. The normalized spacial score (nSPS) is 22.6. The van der Waals surface area contributed by atoms with E-state index in [-0.39, 0.29) is 41.6 Å². The molecule has 0 spiro atoms. The molecule has 2 aromatic heterocycles. The lowest BCUT2D eigenvalue weighted by atomic mass is 9.87. The van der Waals surface area contributed by atoms with Gasteiger partial charge in [0, 0.05) is 37.6 Å². The number of nitrogens with one attached hydrogen (secondary N) is 2. The molecule has 3 rings (SSSR count). The SMILES string of the molecule is CC(=O)SCCNC(=O)CCNC(=O)C(O)C(C)(C)COP(=O)(O)OP(=O)(O)OCC1OC(n2cnc3c(N)ncnc32)C(O)C1OP(=O)(O)O. The number of carbonyl (C=O) groups is 3. The maximum Gasteiger partial charge on any atom is 0.481 e. The molecule has 0 aliphatic carbocycles. The molecule has 288 valence electrons. The minimum Gasteiger partial charge on any atom is -0.386 e. The predicted octanol–water partition coefficient (Wildman–Crippen LogP) is -1.32. The van der Waals surface area contributed by atoms with E-state index in [1.165, 1.54) is 20.8 Å². The molecule has 0 aromatic carbocycles. The number of rotatable bonds is 19. The topological polar surface area (TPSA) is 364 Å². The predicted molar refractivity (Wildman–Crippen MR) is 173 cm³/mol. The number of hydrogen-bond acceptors (Lipinski definition) is 18. The Bertz CT molecular complexity index is 1710. The lowest BCUT2D eigenvalue weighted by Crippen LogP contribution is -2.46. The molecule has 7 unspecified atom stereocenters. The lowest BCUT2D eigenvalue weighted by Gasteiger charge is -2.30. The Hall–Kier alpha value is -2.44. The zero-order valence-corrected chi connectivity index (χ0v) is 30.6. The number of aliphatic hydroxyl groups is 2. The summed E-state index contributed by atoms with van der Waals surface area (Å²) in [6.07, 6.45) is -6.88. The number of carbonyl (C=O) groups excluding carboxylic acids is 3. The van der Waals surface area contributed by atoms with Gasteiger partial charge in [0.2, 0.25) is 11.8 Å². The van der Waals surface area contributed by atoms with E-state index in [9.17, 15) is 57.9 Å². The number of thioether (sulfide) groups is 1. The van der Waals surface area contributed by atoms with Gasteiger partial charge < -0.3 is 50.9 Å². The third-order valence-corrected chi connectivity index (χ3v) is 10.7. The van der Waals surface area contributed by atoms with Crippen molar-refractivity contribution in [2.75, 3.05) is 37.8 Å². The highest BCUT2D eigenvalue weighted by molar-refractivity contribution is 8.13. The molecule has 1 aliphatic heterocycles. The summed E-state index contributed by atoms with van der Waals surface area (Å²) in [5.74, 6) is -1.08. The third kappa shape index (κ3) is 12.9. The van der Waals surface area contributed by atoms with Crippen LogP contribution in [0.25, 0.3) is 11.2 Å². The number of nitrogen functional groups attached to an aromatic ring is 1. The minimum absolute atomic E-state index is 0.0310. The van der Waals surface area contributed by atoms with E-state index in [1.807, 2.05) is 0 Å². The van der Waals surface area contributed by atoms with Crippen molar-refractivity contribution in [2.45, 2.75) is 57.8 Å². The molecular weight excluding hydrogens is 771 g/mol. The van der Waals surface area contributed by atoms with Crippen LogP contribution in [0.15, 0.2) is 12.7 Å². The van der Waals surface area contributed by atoms with Crippen LogP contribution in [0.4, 0.5) is 5.82 Å². The van der Waals surface area contributed by atoms with Crippen LogP contribution < -0.4 is 16.4 Å². The Balaban J connectivity index is 1.55. The molecule has 10 N–H and O–H groups in total. The van der Waals surface area contributed by atoms with Gasteiger partial charge in [0.25, 0.3) is 0 Å². The van der Waals surface area contributed by atoms with Crippen molar-refractivity contribution < 1.29 is 80.5 Å². The van der Waals surface area contributed by atoms with E-state index in [1.54, 1.807) is 0 Å². The Morgan fingerprint density at radius 3 is 2.39 bits per heavy atom. The number of ether oxygens (including phenoxy) is 1. The van der Waals surface area contributed by atoms with E-state index in [2.05, 4.69) is 34.4 Å². The summed E-state index contributed by atoms with van der Waals surface area (Å²) < 4.78 is 61.8. The molecule has 0 radical (unpaired) electrons. The van der Waals surface area contributed by atoms with E-state index in [0.29, 0.717) is 5.75 Å². The second-order valence-electron chi connectivity index (χ2n) is 11.4. The van der Waals surface area contributed by atoms with Crippen LogP contribution in [-0.2, 0) is 50.7 Å². The number of aromatic nitrogens is 4. The highest BCUT2D eigenvalue weighted by Crippen LogP contribution is 2.61. The molecule has 1 aliphatic rings. The summed E-state index contributed by atoms with van der Waals surface area (Å²) in [6, 6.07) is 0. The summed E-state index contributed by atoms with van der Waals surface area (Å²) in [6.45, 7) is 1.90. The number of fused-ring (bicyclic) bond motifs is 1. The molecule has 1 saturated heterocycles. The number of imidazole rings is 1. The zero-order chi connectivity index (χ0) is 38.4. The average Bonchev–Trinajstić information content (AvgIpc) is 3.57. The summed E-state index contributed by atoms with van der Waals surface area (Å²) >= 11 is 1.03. The van der Waals surface area contributed by atoms with Gasteiger partial charge in [-0.15, -0.1) is 0 Å². The second kappa shape index (κ2) is 17.6. The second-order valence-corrected chi connectivity index (χ2v) is 16.9. The first-order valence-electron chi connectivity index (χ1n) is 14.5. The monoisotopic (exact) mass is 809 g/mol. The van der Waals surface area contributed by atoms with Crippen LogP contribution >= 0.6 is 35.2 Å². The van der Waals surface area contributed by atoms with Gasteiger partial charge in [-0.25, -0.2) is 28.6 Å². The largest absolute Gasteiger partial charge is 0.481 e. The van der Waals surface area contributed by atoms with Crippen molar-refractivity contribution >= 4 is 69.1 Å². The Morgan fingerprint density at radius 1 is 1.08 bits per heavy atom. The van der Waals surface area contributed by atoms with Crippen LogP contribution in [0.5, 0.6) is 0 Å². The number of nitrogens with two attached hydrogens (primary N) is 1. The van der Waals surface area contributed by atoms with Crippen molar-refractivity contribution in [1.29, 1.82) is 0 Å². The zero-order valence-electron chi connectivity index (χ0n) is 27.1. The van der Waals surface area contributed by atoms with Crippen LogP contribution in [0.3, 0.4) is 0 Å². The van der Waals surface area contributed by atoms with Gasteiger partial charge in [-0.1, -0.05) is 25.6 Å². The van der Waals surface area contributed by atoms with Crippen LogP contribution in [0.2, 0.25) is 0 Å². The number of nitrogens with zero attached hydrogens (tertiary/aromatic N) is 4. The number of hydrogen-bond donors (Lipinski definition) is 9. The van der Waals surface area contributed by atoms with Gasteiger partial charge in [0.15, 0.2) is 22.8 Å². The highest BCUT2D eigenvalue weighted by atomic mass is 32.2. The van der Waals surface area contributed by atoms with Gasteiger partial charge >= 0.3 is 23.5 Å². The van der Waals surface area contributed by atoms with Gasteiger partial charge in [-0.3, -0.25) is 32.5 Å². The molecular formula is C23H38N7O17P3S. The van der Waals surface area contributed by atoms with Crippen molar-refractivity contribution in [3.8, 4) is 0 Å². The molecule has 0 bridgehead atoms. The van der Waals surface area contributed by atoms with E-state index in [0.717, 1.165) is 29.0 Å². The Morgan fingerprint density at radius 2 is 1.75 bits per heavy atom. The molecule has 1 fully saturated rings. The molecule has 51 heavy (non-hydrogen) atoms. The quantitative estimate of drug-likeness (QED) is 0.0587. The Labute approximate surface area is 293 Å². The summed E-state index contributed by atoms with van der Waals surface area (Å²) in [4.78, 5) is 85.9. The molecule has 2 amide bonds. The molecule has 2 aromatic rings. The average molecular weight is 810 g/mol. The number of phosphoric ester groups is 3. The van der Waals surface area contributed by atoms with Gasteiger partial charge in [-0.2, -0.15) is 4.31 Å². The summed E-state index contributed by atoms with van der Waals surface area (Å²) in [5, 5.41) is 26.1. The molecule has 7 atom stereocenters. The minimum atomic E-state index is -5.56. The molecule has 24 nitrogen and oxygen atoms in total. The van der Waals surface area contributed by atoms with Crippen LogP contribution in [-0.4, -0.2) is 123 Å². The van der Waals surface area contributed by atoms with E-state index >= 15 is 0 Å². The fourth-order valence-electron chi connectivity index (χ4n) is 4.32. The number of amides is 2. The molecule has 3 heterocycles. The van der Waals surface area contributed by atoms with E-state index < -0.39 is 84.6 Å². The molecule has 28 heteroatoms. The number of aliphatic hydroxyl groups excluding tert-OH is 2. The Kier molecular flexibility index (Phi) is 14.8. The third-order valence-electron chi connectivity index (χ3n) is 6.81. The maximum atomic E-state index is 12.6. The fraction of sp³-hybridized carbons (Fsp3) is 0.652. The highest BCUT2D eigenvalue weighted by Gasteiger charge is 2.50. The first kappa shape index (κ1) is 43.0. The van der Waals surface area contributed by atoms with Crippen LogP contribution in [0.1, 0.15) is 33.4 Å². The van der Waals surface area contributed by atoms with Crippen molar-refractivity contribution in [3.05, 3.63) is 12.7 Å². The standard InChI is InChI=1S/C23H38N7O17P3S/c1-12(31)51-7-6-25-14(32)4-5-26-21(35)18(34)23(2,3)9-44-50(41,42)47-49(39,40)43-8-13-17(46-48(36,37)38)16(33)22(45-13)30-11-29-15-19(24)27-10-28-20(15)30/h10-11,13,16-18,22,33-34H,4-9H2,1-3H3,(H,25,32)(H,26,35)(H,39,40)(H,41,42)(H2,24,27,28)(H2,36,37,38). The molecule has 0 saturated carbocycles. The van der Waals surface area contributed by atoms with Gasteiger partial charge in [-0.05, 0) is 0 Å². The maximum absolute atomic E-state index is 12.6. The van der Waals surface area contributed by atoms with Crippen LogP contribution in [0, 0.1) is 5.41 Å². The van der Waals surface area contributed by atoms with Gasteiger partial charge in [0.1, 0.15) is 36.3 Å². The van der Waals surface area contributed by atoms with E-state index in [4.69, 9.17) is 19.5 Å². The van der Waals surface area contributed by atoms with Crippen molar-refractivity contribution in [3.63, 3.8) is 0 Å². The smallest absolute Gasteiger partial charge is 0.386 e.